The van der Waals surface area contributed by atoms with Crippen LogP contribution in [-0.2, 0) is 0 Å². The summed E-state index contributed by atoms with van der Waals surface area (Å²) in [6.45, 7) is 0. The standard InChI is InChI=1S/C8H6N4.C4H4N2/c1-3-7(12-11-6-1)8-9-4-2-5-10-8;1-2-4-6-5-3-1/h1-6H;1-4H. The summed E-state index contributed by atoms with van der Waals surface area (Å²) in [5.41, 5.74) is 0.693. The summed E-state index contributed by atoms with van der Waals surface area (Å²) in [7, 11) is 0. The summed E-state index contributed by atoms with van der Waals surface area (Å²) in [5, 5.41) is 14.7. The van der Waals surface area contributed by atoms with Gasteiger partial charge in [0.05, 0.1) is 0 Å². The predicted molar refractivity (Wildman–Crippen MR) is 65.1 cm³/mol. The molecule has 6 nitrogen and oxygen atoms in total. The number of nitrogens with zero attached hydrogens (tertiary/aromatic N) is 6. The molecule has 0 spiro atoms. The Morgan fingerprint density at radius 3 is 1.78 bits per heavy atom. The second-order valence-electron chi connectivity index (χ2n) is 3.10. The molecule has 0 atom stereocenters. The van der Waals surface area contributed by atoms with Gasteiger partial charge in [0.25, 0.3) is 0 Å². The van der Waals surface area contributed by atoms with Crippen LogP contribution in [0.2, 0.25) is 0 Å². The normalized spacial score (nSPS) is 9.11. The molecule has 3 aromatic heterocycles. The van der Waals surface area contributed by atoms with Crippen molar-refractivity contribution < 1.29 is 0 Å². The van der Waals surface area contributed by atoms with Crippen molar-refractivity contribution in [3.63, 3.8) is 0 Å². The molecule has 3 aromatic rings. The highest BCUT2D eigenvalue weighted by molar-refractivity contribution is 5.46. The van der Waals surface area contributed by atoms with E-state index in [-0.39, 0.29) is 0 Å². The van der Waals surface area contributed by atoms with Gasteiger partial charge < -0.3 is 0 Å². The molecule has 0 bridgehead atoms. The van der Waals surface area contributed by atoms with Crippen molar-refractivity contribution in [1.82, 2.24) is 30.4 Å². The van der Waals surface area contributed by atoms with Gasteiger partial charge in [-0.2, -0.15) is 15.3 Å². The highest BCUT2D eigenvalue weighted by Crippen LogP contribution is 2.06. The quantitative estimate of drug-likeness (QED) is 0.638. The molecule has 0 saturated carbocycles. The van der Waals surface area contributed by atoms with Gasteiger partial charge in [-0.1, -0.05) is 0 Å². The minimum absolute atomic E-state index is 0.602. The fourth-order valence-corrected chi connectivity index (χ4v) is 1.11. The SMILES string of the molecule is c1ccnnc1.c1cnc(-c2cccnn2)nc1. The van der Waals surface area contributed by atoms with Crippen molar-refractivity contribution >= 4 is 0 Å². The molecule has 0 N–H and O–H groups in total. The number of rotatable bonds is 1. The van der Waals surface area contributed by atoms with Crippen molar-refractivity contribution in [2.75, 3.05) is 0 Å². The average Bonchev–Trinajstić information content (AvgIpc) is 2.51. The van der Waals surface area contributed by atoms with Gasteiger partial charge in [0.2, 0.25) is 0 Å². The first-order chi connectivity index (χ1) is 8.97. The Bertz CT molecular complexity index is 479. The van der Waals surface area contributed by atoms with Gasteiger partial charge in [-0.25, -0.2) is 9.97 Å². The van der Waals surface area contributed by atoms with E-state index >= 15 is 0 Å². The van der Waals surface area contributed by atoms with Crippen LogP contribution in [0, 0.1) is 0 Å². The molecule has 6 heteroatoms. The van der Waals surface area contributed by atoms with E-state index in [0.29, 0.717) is 11.5 Å². The highest BCUT2D eigenvalue weighted by Gasteiger charge is 1.98. The Kier molecular flexibility index (Phi) is 4.39. The Morgan fingerprint density at radius 1 is 0.611 bits per heavy atom. The molecule has 88 valence electrons. The topological polar surface area (TPSA) is 77.3 Å². The maximum atomic E-state index is 4.04. The van der Waals surface area contributed by atoms with Crippen LogP contribution in [0.15, 0.2) is 61.3 Å². The summed E-state index contributed by atoms with van der Waals surface area (Å²) in [4.78, 5) is 8.07. The number of hydrogen-bond acceptors (Lipinski definition) is 6. The third-order valence-electron chi connectivity index (χ3n) is 1.85. The Labute approximate surface area is 104 Å². The van der Waals surface area contributed by atoms with Gasteiger partial charge >= 0.3 is 0 Å². The van der Waals surface area contributed by atoms with Crippen LogP contribution in [0.25, 0.3) is 11.5 Å². The monoisotopic (exact) mass is 238 g/mol. The highest BCUT2D eigenvalue weighted by atomic mass is 15.1. The molecule has 18 heavy (non-hydrogen) atoms. The molecule has 0 saturated heterocycles. The van der Waals surface area contributed by atoms with Crippen LogP contribution in [0.4, 0.5) is 0 Å². The van der Waals surface area contributed by atoms with Crippen molar-refractivity contribution in [1.29, 1.82) is 0 Å². The van der Waals surface area contributed by atoms with E-state index in [1.165, 1.54) is 0 Å². The van der Waals surface area contributed by atoms with Gasteiger partial charge in [-0.05, 0) is 30.3 Å². The summed E-state index contributed by atoms with van der Waals surface area (Å²) in [5.74, 6) is 0.602. The fourth-order valence-electron chi connectivity index (χ4n) is 1.11. The van der Waals surface area contributed by atoms with Crippen LogP contribution in [0.3, 0.4) is 0 Å². The van der Waals surface area contributed by atoms with Crippen LogP contribution < -0.4 is 0 Å². The summed E-state index contributed by atoms with van der Waals surface area (Å²) >= 11 is 0. The van der Waals surface area contributed by atoms with Crippen molar-refractivity contribution in [2.45, 2.75) is 0 Å². The van der Waals surface area contributed by atoms with E-state index in [9.17, 15) is 0 Å². The second-order valence-corrected chi connectivity index (χ2v) is 3.10. The first-order valence-electron chi connectivity index (χ1n) is 5.23. The van der Waals surface area contributed by atoms with Gasteiger partial charge in [0.15, 0.2) is 5.82 Å². The zero-order valence-corrected chi connectivity index (χ0v) is 9.46. The zero-order valence-electron chi connectivity index (χ0n) is 9.46. The third kappa shape index (κ3) is 3.67. The Hall–Kier alpha value is -2.76. The van der Waals surface area contributed by atoms with E-state index in [2.05, 4.69) is 30.4 Å². The Morgan fingerprint density at radius 2 is 1.28 bits per heavy atom. The van der Waals surface area contributed by atoms with Crippen LogP contribution in [-0.4, -0.2) is 30.4 Å². The minimum atomic E-state index is 0.602. The van der Waals surface area contributed by atoms with Crippen molar-refractivity contribution in [2.24, 2.45) is 0 Å². The van der Waals surface area contributed by atoms with E-state index in [0.717, 1.165) is 0 Å². The summed E-state index contributed by atoms with van der Waals surface area (Å²) in [6, 6.07) is 9.04. The molecule has 0 unspecified atom stereocenters. The Balaban J connectivity index is 0.000000169. The fraction of sp³-hybridized carbons (Fsp3) is 0. The molecule has 0 fully saturated rings. The van der Waals surface area contributed by atoms with Crippen molar-refractivity contribution in [3.05, 3.63) is 61.3 Å². The van der Waals surface area contributed by atoms with Gasteiger partial charge in [-0.3, -0.25) is 0 Å². The third-order valence-corrected chi connectivity index (χ3v) is 1.85. The lowest BCUT2D eigenvalue weighted by molar-refractivity contribution is 1.01. The molecule has 0 aromatic carbocycles. The molecule has 0 amide bonds. The average molecular weight is 238 g/mol. The van der Waals surface area contributed by atoms with Crippen molar-refractivity contribution in [3.8, 4) is 11.5 Å². The van der Waals surface area contributed by atoms with Crippen LogP contribution >= 0.6 is 0 Å². The van der Waals surface area contributed by atoms with E-state index in [1.54, 1.807) is 43.1 Å². The van der Waals surface area contributed by atoms with Crippen LogP contribution in [0.1, 0.15) is 0 Å². The van der Waals surface area contributed by atoms with Gasteiger partial charge in [0.1, 0.15) is 5.69 Å². The van der Waals surface area contributed by atoms with Gasteiger partial charge in [0, 0.05) is 31.0 Å². The van der Waals surface area contributed by atoms with E-state index in [4.69, 9.17) is 0 Å². The smallest absolute Gasteiger partial charge is 0.180 e. The largest absolute Gasteiger partial charge is 0.235 e. The predicted octanol–water partition coefficient (Wildman–Crippen LogP) is 1.41. The second kappa shape index (κ2) is 6.74. The van der Waals surface area contributed by atoms with Crippen LogP contribution in [0.5, 0.6) is 0 Å². The first kappa shape index (κ1) is 11.7. The van der Waals surface area contributed by atoms with E-state index in [1.807, 2.05) is 18.2 Å². The molecular formula is C12H10N6. The van der Waals surface area contributed by atoms with Gasteiger partial charge in [-0.15, -0.1) is 5.10 Å². The number of aromatic nitrogens is 6. The molecule has 3 rings (SSSR count). The summed E-state index contributed by atoms with van der Waals surface area (Å²) < 4.78 is 0. The molecule has 0 aliphatic carbocycles. The maximum absolute atomic E-state index is 4.04. The zero-order chi connectivity index (χ0) is 12.5. The minimum Gasteiger partial charge on any atom is -0.235 e. The molecule has 0 radical (unpaired) electrons. The molecule has 3 heterocycles. The maximum Gasteiger partial charge on any atom is 0.180 e. The van der Waals surface area contributed by atoms with E-state index < -0.39 is 0 Å². The lowest BCUT2D eigenvalue weighted by atomic mass is 10.4. The first-order valence-corrected chi connectivity index (χ1v) is 5.23. The lowest BCUT2D eigenvalue weighted by Gasteiger charge is -1.94. The summed E-state index contributed by atoms with van der Waals surface area (Å²) in [6.07, 6.45) is 8.25. The lowest BCUT2D eigenvalue weighted by Crippen LogP contribution is -1.90. The number of hydrogen-bond donors (Lipinski definition) is 0. The molecule has 0 aliphatic heterocycles. The molecular weight excluding hydrogens is 228 g/mol. The molecule has 0 aliphatic rings.